The zero-order chi connectivity index (χ0) is 19.0. The van der Waals surface area contributed by atoms with Gasteiger partial charge in [-0.25, -0.2) is 4.68 Å². The Kier molecular flexibility index (Phi) is 4.35. The molecule has 4 rings (SSSR count). The lowest BCUT2D eigenvalue weighted by molar-refractivity contribution is -0.121. The number of rotatable bonds is 3. The number of hydrogen-bond acceptors (Lipinski definition) is 5. The molecule has 1 aromatic carbocycles. The summed E-state index contributed by atoms with van der Waals surface area (Å²) in [6, 6.07) is 9.46. The Labute approximate surface area is 157 Å². The molecule has 0 spiro atoms. The molecule has 0 saturated heterocycles. The molecule has 0 unspecified atom stereocenters. The van der Waals surface area contributed by atoms with Gasteiger partial charge in [-0.1, -0.05) is 23.8 Å². The molecule has 0 saturated carbocycles. The third-order valence-electron chi connectivity index (χ3n) is 5.04. The number of nitrogens with one attached hydrogen (secondary N) is 2. The van der Waals surface area contributed by atoms with Crippen molar-refractivity contribution in [1.82, 2.24) is 19.7 Å². The number of fused-ring (bicyclic) bond motifs is 1. The summed E-state index contributed by atoms with van der Waals surface area (Å²) >= 11 is 0. The second-order valence-corrected chi connectivity index (χ2v) is 7.03. The van der Waals surface area contributed by atoms with Gasteiger partial charge in [0.05, 0.1) is 12.0 Å². The van der Waals surface area contributed by atoms with Crippen LogP contribution in [0.15, 0.2) is 49.1 Å². The maximum absolute atomic E-state index is 13.3. The molecule has 1 aliphatic heterocycles. The van der Waals surface area contributed by atoms with E-state index in [9.17, 15) is 4.79 Å². The monoisotopic (exact) mass is 362 g/mol. The van der Waals surface area contributed by atoms with Crippen LogP contribution in [0, 0.1) is 19.8 Å². The standard InChI is InChI=1S/C20H22N6O/c1-12-6-7-16(13(2)9-12)25-19(27)17-14(3)24-20-22-11-23-26(20)18(17)15-5-4-8-21-10-15/h4-11,14,17-18H,1-3H3,(H,25,27)(H,22,23,24)/t14-,17+,18+/m0/s1. The highest BCUT2D eigenvalue weighted by Crippen LogP contribution is 2.36. The van der Waals surface area contributed by atoms with Crippen LogP contribution in [0.2, 0.25) is 0 Å². The SMILES string of the molecule is Cc1ccc(NC(=O)[C@@H]2[C@H](C)Nc3ncnn3[C@@H]2c2cccnc2)c(C)c1. The fourth-order valence-corrected chi connectivity index (χ4v) is 3.72. The number of aryl methyl sites for hydroxylation is 2. The summed E-state index contributed by atoms with van der Waals surface area (Å²) in [6.45, 7) is 6.03. The number of carbonyl (C=O) groups is 1. The lowest BCUT2D eigenvalue weighted by atomic mass is 9.86. The Balaban J connectivity index is 1.71. The van der Waals surface area contributed by atoms with Crippen molar-refractivity contribution in [3.8, 4) is 0 Å². The van der Waals surface area contributed by atoms with Crippen LogP contribution < -0.4 is 10.6 Å². The van der Waals surface area contributed by atoms with Crippen LogP contribution in [0.3, 0.4) is 0 Å². The van der Waals surface area contributed by atoms with E-state index < -0.39 is 0 Å². The maximum atomic E-state index is 13.3. The van der Waals surface area contributed by atoms with Crippen molar-refractivity contribution in [1.29, 1.82) is 0 Å². The third kappa shape index (κ3) is 3.16. The van der Waals surface area contributed by atoms with Crippen molar-refractivity contribution in [3.05, 3.63) is 65.7 Å². The van der Waals surface area contributed by atoms with Gasteiger partial charge in [0.15, 0.2) is 0 Å². The van der Waals surface area contributed by atoms with Gasteiger partial charge in [-0.05, 0) is 44.0 Å². The molecule has 1 amide bonds. The van der Waals surface area contributed by atoms with Gasteiger partial charge in [0.2, 0.25) is 11.9 Å². The topological polar surface area (TPSA) is 84.7 Å². The highest BCUT2D eigenvalue weighted by molar-refractivity contribution is 5.94. The van der Waals surface area contributed by atoms with Gasteiger partial charge < -0.3 is 10.6 Å². The molecule has 3 aromatic rings. The number of nitrogens with zero attached hydrogens (tertiary/aromatic N) is 4. The fourth-order valence-electron chi connectivity index (χ4n) is 3.72. The first-order chi connectivity index (χ1) is 13.0. The first-order valence-electron chi connectivity index (χ1n) is 8.98. The predicted molar refractivity (Wildman–Crippen MR) is 104 cm³/mol. The lowest BCUT2D eigenvalue weighted by Gasteiger charge is -2.36. The van der Waals surface area contributed by atoms with Gasteiger partial charge in [0.1, 0.15) is 6.33 Å². The van der Waals surface area contributed by atoms with Gasteiger partial charge in [0.25, 0.3) is 0 Å². The van der Waals surface area contributed by atoms with E-state index in [1.807, 2.05) is 45.0 Å². The molecule has 0 aliphatic carbocycles. The minimum atomic E-state index is -0.371. The van der Waals surface area contributed by atoms with E-state index >= 15 is 0 Å². The Morgan fingerprint density at radius 2 is 2.11 bits per heavy atom. The summed E-state index contributed by atoms with van der Waals surface area (Å²) in [5.74, 6) is 0.230. The predicted octanol–water partition coefficient (Wildman–Crippen LogP) is 2.95. The number of carbonyl (C=O) groups excluding carboxylic acids is 1. The second-order valence-electron chi connectivity index (χ2n) is 7.03. The molecule has 7 heteroatoms. The van der Waals surface area contributed by atoms with Crippen molar-refractivity contribution in [3.63, 3.8) is 0 Å². The summed E-state index contributed by atoms with van der Waals surface area (Å²) in [5, 5.41) is 10.7. The Hall–Kier alpha value is -3.22. The van der Waals surface area contributed by atoms with Crippen molar-refractivity contribution in [2.75, 3.05) is 10.6 Å². The van der Waals surface area contributed by atoms with Crippen molar-refractivity contribution >= 4 is 17.5 Å². The Morgan fingerprint density at radius 1 is 1.26 bits per heavy atom. The molecule has 3 heterocycles. The number of benzene rings is 1. The smallest absolute Gasteiger partial charge is 0.232 e. The van der Waals surface area contributed by atoms with Crippen molar-refractivity contribution < 1.29 is 4.79 Å². The van der Waals surface area contributed by atoms with E-state index in [1.165, 1.54) is 11.9 Å². The average Bonchev–Trinajstić information content (AvgIpc) is 3.11. The molecule has 0 bridgehead atoms. The minimum Gasteiger partial charge on any atom is -0.351 e. The normalized spacial score (nSPS) is 21.2. The Bertz CT molecular complexity index is 968. The molecule has 3 atom stereocenters. The van der Waals surface area contributed by atoms with Crippen molar-refractivity contribution in [2.45, 2.75) is 32.9 Å². The van der Waals surface area contributed by atoms with Crippen LogP contribution in [0.4, 0.5) is 11.6 Å². The molecule has 1 aliphatic rings. The van der Waals surface area contributed by atoms with Crippen LogP contribution in [-0.2, 0) is 4.79 Å². The summed E-state index contributed by atoms with van der Waals surface area (Å²) in [7, 11) is 0. The van der Waals surface area contributed by atoms with E-state index in [4.69, 9.17) is 0 Å². The van der Waals surface area contributed by atoms with Gasteiger partial charge in [-0.3, -0.25) is 9.78 Å². The molecule has 7 nitrogen and oxygen atoms in total. The molecule has 0 fully saturated rings. The largest absolute Gasteiger partial charge is 0.351 e. The van der Waals surface area contributed by atoms with E-state index in [-0.39, 0.29) is 23.9 Å². The summed E-state index contributed by atoms with van der Waals surface area (Å²) in [6.07, 6.45) is 5.01. The van der Waals surface area contributed by atoms with E-state index in [0.29, 0.717) is 5.95 Å². The molecular formula is C20H22N6O. The van der Waals surface area contributed by atoms with Crippen LogP contribution in [0.5, 0.6) is 0 Å². The maximum Gasteiger partial charge on any atom is 0.232 e. The lowest BCUT2D eigenvalue weighted by Crippen LogP contribution is -2.46. The van der Waals surface area contributed by atoms with E-state index in [2.05, 4.69) is 31.8 Å². The highest BCUT2D eigenvalue weighted by Gasteiger charge is 2.41. The van der Waals surface area contributed by atoms with Crippen LogP contribution in [0.25, 0.3) is 0 Å². The molecule has 138 valence electrons. The summed E-state index contributed by atoms with van der Waals surface area (Å²) < 4.78 is 1.77. The van der Waals surface area contributed by atoms with Gasteiger partial charge >= 0.3 is 0 Å². The third-order valence-corrected chi connectivity index (χ3v) is 5.04. The minimum absolute atomic E-state index is 0.0584. The molecule has 2 N–H and O–H groups in total. The molecule has 0 radical (unpaired) electrons. The summed E-state index contributed by atoms with van der Waals surface area (Å²) in [4.78, 5) is 21.8. The number of amides is 1. The van der Waals surface area contributed by atoms with Gasteiger partial charge in [-0.15, -0.1) is 0 Å². The number of hydrogen-bond donors (Lipinski definition) is 2. The fraction of sp³-hybridized carbons (Fsp3) is 0.300. The number of anilines is 2. The van der Waals surface area contributed by atoms with E-state index in [0.717, 1.165) is 16.8 Å². The number of aromatic nitrogens is 4. The first kappa shape index (κ1) is 17.2. The second kappa shape index (κ2) is 6.83. The highest BCUT2D eigenvalue weighted by atomic mass is 16.2. The number of pyridine rings is 1. The average molecular weight is 362 g/mol. The first-order valence-corrected chi connectivity index (χ1v) is 8.98. The summed E-state index contributed by atoms with van der Waals surface area (Å²) in [5.41, 5.74) is 3.96. The van der Waals surface area contributed by atoms with Crippen LogP contribution >= 0.6 is 0 Å². The quantitative estimate of drug-likeness (QED) is 0.748. The molecular weight excluding hydrogens is 340 g/mol. The van der Waals surface area contributed by atoms with Crippen LogP contribution in [-0.4, -0.2) is 31.7 Å². The van der Waals surface area contributed by atoms with Gasteiger partial charge in [0, 0.05) is 24.1 Å². The molecule has 2 aromatic heterocycles. The molecule has 27 heavy (non-hydrogen) atoms. The van der Waals surface area contributed by atoms with Gasteiger partial charge in [-0.2, -0.15) is 10.1 Å². The zero-order valence-corrected chi connectivity index (χ0v) is 15.5. The van der Waals surface area contributed by atoms with Crippen LogP contribution in [0.1, 0.15) is 29.7 Å². The van der Waals surface area contributed by atoms with E-state index in [1.54, 1.807) is 17.1 Å². The van der Waals surface area contributed by atoms with Crippen molar-refractivity contribution in [2.24, 2.45) is 5.92 Å². The Morgan fingerprint density at radius 3 is 2.85 bits per heavy atom. The zero-order valence-electron chi connectivity index (χ0n) is 15.5.